The molecule has 0 fully saturated rings. The van der Waals surface area contributed by atoms with Crippen molar-refractivity contribution in [1.29, 1.82) is 0 Å². The zero-order valence-corrected chi connectivity index (χ0v) is 39.1. The van der Waals surface area contributed by atoms with Crippen molar-refractivity contribution in [2.24, 2.45) is 20.0 Å². The molecule has 0 aliphatic rings. The molecule has 0 N–H and O–H groups in total. The van der Waals surface area contributed by atoms with Gasteiger partial charge < -0.3 is 22.8 Å². The van der Waals surface area contributed by atoms with Gasteiger partial charge in [-0.25, -0.2) is 9.97 Å². The predicted molar refractivity (Wildman–Crippen MR) is 225 cm³/mol. The number of aromatic nitrogens is 2. The summed E-state index contributed by atoms with van der Waals surface area (Å²) in [6.45, 7) is 35.3. The number of hydrogen-bond donors (Lipinski definition) is 0. The van der Waals surface area contributed by atoms with Crippen molar-refractivity contribution in [3.8, 4) is 0 Å². The van der Waals surface area contributed by atoms with Crippen LogP contribution < -0.4 is 0 Å². The van der Waals surface area contributed by atoms with E-state index in [1.165, 1.54) is 0 Å². The Hall–Kier alpha value is -1.96. The Bertz CT molecular complexity index is 1120. The molecule has 0 unspecified atom stereocenters. The van der Waals surface area contributed by atoms with E-state index in [4.69, 9.17) is 8.85 Å². The van der Waals surface area contributed by atoms with E-state index in [0.29, 0.717) is 6.61 Å². The zero-order valence-electron chi connectivity index (χ0n) is 33.9. The van der Waals surface area contributed by atoms with Crippen molar-refractivity contribution in [3.05, 3.63) is 98.5 Å². The molecule has 0 amide bonds. The van der Waals surface area contributed by atoms with Crippen molar-refractivity contribution in [2.75, 3.05) is 41.4 Å². The normalized spacial score (nSPS) is 11.2. The summed E-state index contributed by atoms with van der Waals surface area (Å²) < 4.78 is 10.4. The van der Waals surface area contributed by atoms with Crippen LogP contribution in [0.5, 0.6) is 0 Å². The molecule has 0 aromatic carbocycles. The maximum Gasteiger partial charge on any atom is 0.205 e. The van der Waals surface area contributed by atoms with Gasteiger partial charge in [0.25, 0.3) is 0 Å². The molecule has 0 spiro atoms. The first kappa shape index (κ1) is 60.2. The van der Waals surface area contributed by atoms with Crippen LogP contribution in [0.3, 0.4) is 0 Å². The number of hydrogen-bond acceptors (Lipinski definition) is 8. The molecule has 0 aliphatic heterocycles. The van der Waals surface area contributed by atoms with Crippen LogP contribution in [0.1, 0.15) is 50.5 Å². The van der Waals surface area contributed by atoms with Gasteiger partial charge in [0.2, 0.25) is 9.04 Å². The van der Waals surface area contributed by atoms with Crippen LogP contribution in [0.15, 0.2) is 81.7 Å². The molecule has 0 bridgehead atoms. The molecule has 2 rings (SSSR count). The Labute approximate surface area is 332 Å². The zero-order chi connectivity index (χ0) is 37.0. The summed E-state index contributed by atoms with van der Waals surface area (Å²) in [5.41, 5.74) is 7.40. The van der Waals surface area contributed by atoms with E-state index in [2.05, 4.69) is 95.5 Å². The fraction of sp³-hybridized carbons (Fsp3) is 0.459. The first-order valence-electron chi connectivity index (χ1n) is 15.7. The molecule has 3 radical (unpaired) electrons. The molecular formula is C37H67Co2N6O2Si3-2. The van der Waals surface area contributed by atoms with E-state index < -0.39 is 26.2 Å². The average molecular weight is 830 g/mol. The van der Waals surface area contributed by atoms with Crippen molar-refractivity contribution >= 4 is 49.0 Å². The molecule has 13 heteroatoms. The second-order valence-electron chi connectivity index (χ2n) is 11.8. The van der Waals surface area contributed by atoms with Gasteiger partial charge >= 0.3 is 0 Å². The van der Waals surface area contributed by atoms with Crippen molar-refractivity contribution in [1.82, 2.24) is 9.97 Å². The van der Waals surface area contributed by atoms with Gasteiger partial charge in [-0.3, -0.25) is 20.0 Å². The Morgan fingerprint density at radius 1 is 0.720 bits per heavy atom. The summed E-state index contributed by atoms with van der Waals surface area (Å²) in [7, 11) is 4.98. The fourth-order valence-corrected chi connectivity index (χ4v) is 3.59. The van der Waals surface area contributed by atoms with Gasteiger partial charge in [0.1, 0.15) is 0 Å². The van der Waals surface area contributed by atoms with Gasteiger partial charge in [-0.15, -0.1) is 21.2 Å². The van der Waals surface area contributed by atoms with Crippen LogP contribution in [0.4, 0.5) is 0 Å². The van der Waals surface area contributed by atoms with E-state index in [1.54, 1.807) is 40.3 Å². The monoisotopic (exact) mass is 829 g/mol. The number of pyridine rings is 2. The third kappa shape index (κ3) is 37.3. The van der Waals surface area contributed by atoms with Crippen LogP contribution in [0.2, 0.25) is 45.8 Å². The quantitative estimate of drug-likeness (QED) is 0.104. The van der Waals surface area contributed by atoms with Crippen LogP contribution >= 0.6 is 0 Å². The third-order valence-electron chi connectivity index (χ3n) is 5.36. The molecule has 289 valence electrons. The maximum atomic E-state index is 5.21. The standard InChI is InChI=1S/2C11H15N3.C5H12OSi.C5H11OSi.C4H11Si.CH3.2Co/c2*1-8(12-3)10-6-5-7-11(14-10)9(2)13-4;2*1-4-5-6-7(2)3;1-5(2,3)4;;;/h2*5-7H,1-4H3;4,7H,1,5H2,2-3H3;4H,1,5H2,2-3H3;1H2,2-4H3;1H3;;/q;;;;2*-1;;. The van der Waals surface area contributed by atoms with Gasteiger partial charge in [0, 0.05) is 61.7 Å². The van der Waals surface area contributed by atoms with E-state index in [9.17, 15) is 0 Å². The fourth-order valence-electron chi connectivity index (χ4n) is 2.62. The molecule has 50 heavy (non-hydrogen) atoms. The Kier molecular flexibility index (Phi) is 44.3. The topological polar surface area (TPSA) is 93.7 Å². The largest absolute Gasteiger partial charge is 0.417 e. The molecule has 0 saturated heterocycles. The Morgan fingerprint density at radius 3 is 1.12 bits per heavy atom. The number of rotatable bonds is 10. The molecule has 8 nitrogen and oxygen atoms in total. The summed E-state index contributed by atoms with van der Waals surface area (Å²) in [6, 6.07) is 11.8. The summed E-state index contributed by atoms with van der Waals surface area (Å²) in [5, 5.41) is 0. The van der Waals surface area contributed by atoms with Crippen LogP contribution in [-0.4, -0.2) is 100 Å². The van der Waals surface area contributed by atoms with Crippen molar-refractivity contribution in [3.63, 3.8) is 0 Å². The number of nitrogens with zero attached hydrogens (tertiary/aromatic N) is 6. The molecule has 0 saturated carbocycles. The summed E-state index contributed by atoms with van der Waals surface area (Å²) >= 11 is 0. The van der Waals surface area contributed by atoms with E-state index >= 15 is 0 Å². The maximum absolute atomic E-state index is 5.21. The minimum atomic E-state index is -0.861. The van der Waals surface area contributed by atoms with E-state index in [1.807, 2.05) is 64.1 Å². The smallest absolute Gasteiger partial charge is 0.205 e. The van der Waals surface area contributed by atoms with Gasteiger partial charge in [-0.05, 0) is 78.1 Å². The first-order valence-corrected chi connectivity index (χ1v) is 24.6. The Balaban J connectivity index is -0.000000126. The van der Waals surface area contributed by atoms with Crippen LogP contribution in [0.25, 0.3) is 0 Å². The second kappa shape index (κ2) is 36.8. The average Bonchev–Trinajstić information content (AvgIpc) is 3.04. The second-order valence-corrected chi connectivity index (χ2v) is 21.4. The minimum absolute atomic E-state index is 0. The summed E-state index contributed by atoms with van der Waals surface area (Å²) in [5.74, 6) is 0. The molecule has 2 aromatic rings. The molecule has 2 heterocycles. The summed E-state index contributed by atoms with van der Waals surface area (Å²) in [6.07, 6.45) is 3.56. The SMILES string of the molecule is C=CCO[SiH](C)C.C=CCO[Si](C)C.CN=C(C)c1cccc(C(C)=NC)n1.CN=C(C)c1cccc(C(C)=NC)n1.[CH2-][Si](C)(C)C.[CH3-].[Co].[Co]. The summed E-state index contributed by atoms with van der Waals surface area (Å²) in [4.78, 5) is 25.3. The first-order chi connectivity index (χ1) is 21.9. The van der Waals surface area contributed by atoms with Gasteiger partial charge in [0.05, 0.1) is 58.8 Å². The molecular weight excluding hydrogens is 763 g/mol. The van der Waals surface area contributed by atoms with E-state index in [-0.39, 0.29) is 41.0 Å². The van der Waals surface area contributed by atoms with Gasteiger partial charge in [-0.1, -0.05) is 43.9 Å². The van der Waals surface area contributed by atoms with Crippen molar-refractivity contribution < 1.29 is 42.4 Å². The van der Waals surface area contributed by atoms with Crippen LogP contribution in [0, 0.1) is 14.0 Å². The molecule has 2 aromatic heterocycles. The predicted octanol–water partition coefficient (Wildman–Crippen LogP) is 8.67. The van der Waals surface area contributed by atoms with Gasteiger partial charge in [-0.2, -0.15) is 0 Å². The van der Waals surface area contributed by atoms with E-state index in [0.717, 1.165) is 52.2 Å². The molecule has 0 atom stereocenters. The third-order valence-corrected chi connectivity index (χ3v) is 6.96. The van der Waals surface area contributed by atoms with Crippen LogP contribution in [-0.2, 0) is 42.4 Å². The Morgan fingerprint density at radius 2 is 0.980 bits per heavy atom. The van der Waals surface area contributed by atoms with Gasteiger partial charge in [0.15, 0.2) is 9.04 Å². The number of aliphatic imine (C=N–C) groups is 4. The minimum Gasteiger partial charge on any atom is -0.417 e. The molecule has 0 aliphatic carbocycles. The van der Waals surface area contributed by atoms with Crippen molar-refractivity contribution in [2.45, 2.75) is 73.5 Å².